The molecule has 0 aliphatic carbocycles. The molecule has 4 aromatic rings. The summed E-state index contributed by atoms with van der Waals surface area (Å²) in [6, 6.07) is 17.7. The van der Waals surface area contributed by atoms with Crippen LogP contribution in [0.1, 0.15) is 0 Å². The number of fused-ring (bicyclic) bond motifs is 1. The van der Waals surface area contributed by atoms with Gasteiger partial charge in [-0.15, -0.1) is 0 Å². The van der Waals surface area contributed by atoms with E-state index in [0.717, 1.165) is 23.8 Å². The summed E-state index contributed by atoms with van der Waals surface area (Å²) in [4.78, 5) is 16.7. The lowest BCUT2D eigenvalue weighted by atomic mass is 10.1. The Morgan fingerprint density at radius 1 is 0.900 bits per heavy atom. The Hall–Kier alpha value is -3.87. The van der Waals surface area contributed by atoms with Gasteiger partial charge in [0.05, 0.1) is 16.9 Å². The van der Waals surface area contributed by atoms with E-state index in [1.54, 1.807) is 6.07 Å². The highest BCUT2D eigenvalue weighted by Crippen LogP contribution is 2.30. The molecule has 1 amide bonds. The Labute approximate surface area is 169 Å². The Morgan fingerprint density at radius 2 is 1.63 bits per heavy atom. The highest BCUT2D eigenvalue weighted by atomic mass is 19.1. The van der Waals surface area contributed by atoms with Crippen LogP contribution in [0.4, 0.5) is 18.9 Å². The zero-order valence-electron chi connectivity index (χ0n) is 15.5. The van der Waals surface area contributed by atoms with Crippen LogP contribution >= 0.6 is 0 Å². The van der Waals surface area contributed by atoms with Crippen molar-refractivity contribution >= 4 is 22.5 Å². The topological polar surface area (TPSA) is 51.2 Å². The van der Waals surface area contributed by atoms with Crippen molar-refractivity contribution in [2.75, 3.05) is 11.9 Å². The number of anilines is 1. The van der Waals surface area contributed by atoms with Crippen LogP contribution in [-0.4, -0.2) is 17.5 Å². The first kappa shape index (κ1) is 19.4. The van der Waals surface area contributed by atoms with E-state index in [9.17, 15) is 18.0 Å². The van der Waals surface area contributed by atoms with Crippen LogP contribution in [0.25, 0.3) is 22.2 Å². The van der Waals surface area contributed by atoms with Gasteiger partial charge >= 0.3 is 0 Å². The lowest BCUT2D eigenvalue weighted by Gasteiger charge is -2.12. The van der Waals surface area contributed by atoms with Crippen LogP contribution in [0, 0.1) is 17.5 Å². The number of carbonyl (C=O) groups excluding carboxylic acids is 1. The zero-order valence-corrected chi connectivity index (χ0v) is 15.5. The van der Waals surface area contributed by atoms with E-state index in [2.05, 4.69) is 10.3 Å². The maximum atomic E-state index is 13.8. The van der Waals surface area contributed by atoms with Crippen molar-refractivity contribution in [3.63, 3.8) is 0 Å². The van der Waals surface area contributed by atoms with Crippen LogP contribution in [0.2, 0.25) is 0 Å². The van der Waals surface area contributed by atoms with Gasteiger partial charge < -0.3 is 10.1 Å². The second-order valence-corrected chi connectivity index (χ2v) is 6.49. The molecular weight excluding hydrogens is 393 g/mol. The first-order valence-electron chi connectivity index (χ1n) is 9.03. The molecule has 0 fully saturated rings. The second kappa shape index (κ2) is 8.24. The lowest BCUT2D eigenvalue weighted by Crippen LogP contribution is -2.21. The summed E-state index contributed by atoms with van der Waals surface area (Å²) < 4.78 is 46.4. The van der Waals surface area contributed by atoms with Gasteiger partial charge in [-0.3, -0.25) is 4.79 Å². The van der Waals surface area contributed by atoms with E-state index < -0.39 is 30.0 Å². The third kappa shape index (κ3) is 4.25. The predicted octanol–water partition coefficient (Wildman–Crippen LogP) is 5.34. The first-order chi connectivity index (χ1) is 14.5. The molecule has 7 heteroatoms. The van der Waals surface area contributed by atoms with Gasteiger partial charge in [0.25, 0.3) is 5.91 Å². The summed E-state index contributed by atoms with van der Waals surface area (Å²) in [5, 5.41) is 2.65. The molecule has 0 atom stereocenters. The second-order valence-electron chi connectivity index (χ2n) is 6.49. The Morgan fingerprint density at radius 3 is 2.43 bits per heavy atom. The van der Waals surface area contributed by atoms with Gasteiger partial charge in [0.15, 0.2) is 6.61 Å². The Bertz CT molecular complexity index is 1230. The third-order valence-electron chi connectivity index (χ3n) is 4.36. The quantitative estimate of drug-likeness (QED) is 0.485. The number of ether oxygens (including phenoxy) is 1. The van der Waals surface area contributed by atoms with Gasteiger partial charge in [-0.25, -0.2) is 18.2 Å². The molecule has 0 radical (unpaired) electrons. The van der Waals surface area contributed by atoms with Crippen LogP contribution in [0.5, 0.6) is 5.75 Å². The molecule has 4 nitrogen and oxygen atoms in total. The van der Waals surface area contributed by atoms with E-state index in [-0.39, 0.29) is 11.4 Å². The molecule has 0 spiro atoms. The van der Waals surface area contributed by atoms with Gasteiger partial charge in [-0.1, -0.05) is 30.3 Å². The molecule has 0 bridgehead atoms. The molecule has 1 heterocycles. The summed E-state index contributed by atoms with van der Waals surface area (Å²) in [6.07, 6.45) is 0. The third-order valence-corrected chi connectivity index (χ3v) is 4.36. The number of aromatic nitrogens is 1. The van der Waals surface area contributed by atoms with Crippen molar-refractivity contribution in [3.8, 4) is 17.0 Å². The van der Waals surface area contributed by atoms with E-state index in [0.29, 0.717) is 16.6 Å². The van der Waals surface area contributed by atoms with Crippen LogP contribution in [0.3, 0.4) is 0 Å². The molecule has 30 heavy (non-hydrogen) atoms. The number of amides is 1. The summed E-state index contributed by atoms with van der Waals surface area (Å²) in [5.74, 6) is -2.38. The van der Waals surface area contributed by atoms with Crippen molar-refractivity contribution in [1.82, 2.24) is 4.98 Å². The fourth-order valence-corrected chi connectivity index (χ4v) is 2.97. The minimum absolute atomic E-state index is 0.244. The van der Waals surface area contributed by atoms with Crippen molar-refractivity contribution in [2.45, 2.75) is 0 Å². The number of nitrogens with zero attached hydrogens (tertiary/aromatic N) is 1. The standard InChI is InChI=1S/C23H15F3N2O2/c24-15-7-9-19-17(10-15)22(12-20(27-19)14-4-2-1-3-5-14)30-13-23(29)28-21-11-16(25)6-8-18(21)26/h1-12H,13H2,(H,28,29). The first-order valence-corrected chi connectivity index (χ1v) is 9.03. The zero-order chi connectivity index (χ0) is 21.1. The monoisotopic (exact) mass is 408 g/mol. The van der Waals surface area contributed by atoms with E-state index in [1.807, 2.05) is 30.3 Å². The molecular formula is C23H15F3N2O2. The smallest absolute Gasteiger partial charge is 0.262 e. The van der Waals surface area contributed by atoms with Crippen molar-refractivity contribution in [2.24, 2.45) is 0 Å². The van der Waals surface area contributed by atoms with Gasteiger partial charge in [-0.2, -0.15) is 0 Å². The molecule has 0 unspecified atom stereocenters. The molecule has 1 aromatic heterocycles. The predicted molar refractivity (Wildman–Crippen MR) is 108 cm³/mol. The summed E-state index contributed by atoms with van der Waals surface area (Å²) in [5.41, 5.74) is 1.60. The number of pyridine rings is 1. The molecule has 0 saturated carbocycles. The largest absolute Gasteiger partial charge is 0.483 e. The van der Waals surface area contributed by atoms with Crippen LogP contribution in [-0.2, 0) is 4.79 Å². The number of hydrogen-bond donors (Lipinski definition) is 1. The number of nitrogens with one attached hydrogen (secondary N) is 1. The average Bonchev–Trinajstić information content (AvgIpc) is 2.75. The number of rotatable bonds is 5. The van der Waals surface area contributed by atoms with E-state index in [1.165, 1.54) is 18.2 Å². The molecule has 0 aliphatic heterocycles. The van der Waals surface area contributed by atoms with Crippen molar-refractivity contribution in [1.29, 1.82) is 0 Å². The van der Waals surface area contributed by atoms with Gasteiger partial charge in [-0.05, 0) is 30.3 Å². The van der Waals surface area contributed by atoms with Gasteiger partial charge in [0.2, 0.25) is 0 Å². The fourth-order valence-electron chi connectivity index (χ4n) is 2.97. The molecule has 1 N–H and O–H groups in total. The minimum atomic E-state index is -0.771. The van der Waals surface area contributed by atoms with Gasteiger partial charge in [0, 0.05) is 23.1 Å². The molecule has 150 valence electrons. The van der Waals surface area contributed by atoms with E-state index in [4.69, 9.17) is 4.74 Å². The summed E-state index contributed by atoms with van der Waals surface area (Å²) in [7, 11) is 0. The number of halogens is 3. The number of benzene rings is 3. The van der Waals surface area contributed by atoms with Crippen molar-refractivity contribution < 1.29 is 22.7 Å². The molecule has 3 aromatic carbocycles. The fraction of sp³-hybridized carbons (Fsp3) is 0.0435. The van der Waals surface area contributed by atoms with Crippen molar-refractivity contribution in [3.05, 3.63) is 90.2 Å². The minimum Gasteiger partial charge on any atom is -0.483 e. The molecule has 0 aliphatic rings. The lowest BCUT2D eigenvalue weighted by molar-refractivity contribution is -0.118. The normalized spacial score (nSPS) is 10.8. The summed E-state index contributed by atoms with van der Waals surface area (Å²) >= 11 is 0. The molecule has 4 rings (SSSR count). The van der Waals surface area contributed by atoms with Gasteiger partial charge in [0.1, 0.15) is 23.2 Å². The van der Waals surface area contributed by atoms with Crippen LogP contribution in [0.15, 0.2) is 72.8 Å². The summed E-state index contributed by atoms with van der Waals surface area (Å²) in [6.45, 7) is -0.486. The SMILES string of the molecule is O=C(COc1cc(-c2ccccc2)nc2ccc(F)cc12)Nc1cc(F)ccc1F. The highest BCUT2D eigenvalue weighted by molar-refractivity contribution is 5.93. The highest BCUT2D eigenvalue weighted by Gasteiger charge is 2.13. The number of hydrogen-bond acceptors (Lipinski definition) is 3. The van der Waals surface area contributed by atoms with E-state index >= 15 is 0 Å². The van der Waals surface area contributed by atoms with Crippen LogP contribution < -0.4 is 10.1 Å². The Balaban J connectivity index is 1.61. The number of carbonyl (C=O) groups is 1. The average molecular weight is 408 g/mol. The maximum absolute atomic E-state index is 13.8. The maximum Gasteiger partial charge on any atom is 0.262 e. The molecule has 0 saturated heterocycles. The Kier molecular flexibility index (Phi) is 5.34.